The summed E-state index contributed by atoms with van der Waals surface area (Å²) in [6, 6.07) is 16.2. The molecule has 2 fully saturated rings. The Morgan fingerprint density at radius 1 is 0.931 bits per heavy atom. The minimum Gasteiger partial charge on any atom is -0.484 e. The van der Waals surface area contributed by atoms with Crippen molar-refractivity contribution in [2.75, 3.05) is 32.8 Å². The molecule has 0 radical (unpaired) electrons. The van der Waals surface area contributed by atoms with Crippen LogP contribution in [0.5, 0.6) is 5.75 Å². The van der Waals surface area contributed by atoms with Crippen molar-refractivity contribution in [2.45, 2.75) is 19.3 Å². The number of nitrogens with one attached hydrogen (secondary N) is 1. The van der Waals surface area contributed by atoms with Gasteiger partial charge in [-0.15, -0.1) is 12.4 Å². The minimum absolute atomic E-state index is 0. The van der Waals surface area contributed by atoms with Crippen LogP contribution in [-0.4, -0.2) is 49.4 Å². The summed E-state index contributed by atoms with van der Waals surface area (Å²) in [6.45, 7) is 3.85. The standard InChI is InChI=1S/C23H26N2O3.ClH/c26-21(25-14-11-23(12-15-25)10-13-24-17-23)16-28-20-8-6-19(7-9-20)22(27)18-4-2-1-3-5-18;/h1-9,24H,10-17H2;1H. The first-order chi connectivity index (χ1) is 13.7. The van der Waals surface area contributed by atoms with Crippen LogP contribution in [0, 0.1) is 5.41 Å². The molecule has 2 aliphatic rings. The molecule has 2 aromatic carbocycles. The number of ketones is 1. The molecular formula is C23H27ClN2O3. The highest BCUT2D eigenvalue weighted by molar-refractivity contribution is 6.08. The van der Waals surface area contributed by atoms with E-state index >= 15 is 0 Å². The molecule has 0 saturated carbocycles. The maximum Gasteiger partial charge on any atom is 0.260 e. The van der Waals surface area contributed by atoms with Crippen LogP contribution in [0.15, 0.2) is 54.6 Å². The predicted molar refractivity (Wildman–Crippen MR) is 115 cm³/mol. The van der Waals surface area contributed by atoms with E-state index in [4.69, 9.17) is 4.74 Å². The lowest BCUT2D eigenvalue weighted by atomic mass is 9.78. The summed E-state index contributed by atoms with van der Waals surface area (Å²) in [4.78, 5) is 26.8. The Morgan fingerprint density at radius 2 is 1.59 bits per heavy atom. The number of piperidine rings is 1. The Morgan fingerprint density at radius 3 is 2.21 bits per heavy atom. The van der Waals surface area contributed by atoms with Crippen molar-refractivity contribution in [2.24, 2.45) is 5.41 Å². The third kappa shape index (κ3) is 4.98. The molecule has 0 bridgehead atoms. The molecule has 154 valence electrons. The number of halogens is 1. The zero-order valence-electron chi connectivity index (χ0n) is 16.4. The molecule has 6 heteroatoms. The van der Waals surface area contributed by atoms with Crippen LogP contribution in [-0.2, 0) is 4.79 Å². The van der Waals surface area contributed by atoms with E-state index in [0.717, 1.165) is 39.0 Å². The van der Waals surface area contributed by atoms with Gasteiger partial charge < -0.3 is 15.0 Å². The molecule has 29 heavy (non-hydrogen) atoms. The highest BCUT2D eigenvalue weighted by Crippen LogP contribution is 2.36. The Kier molecular flexibility index (Phi) is 6.93. The molecule has 0 aromatic heterocycles. The summed E-state index contributed by atoms with van der Waals surface area (Å²) in [6.07, 6.45) is 3.36. The fourth-order valence-corrected chi connectivity index (χ4v) is 4.15. The van der Waals surface area contributed by atoms with Gasteiger partial charge >= 0.3 is 0 Å². The number of carbonyl (C=O) groups excluding carboxylic acids is 2. The SMILES string of the molecule is Cl.O=C(c1ccccc1)c1ccc(OCC(=O)N2CCC3(CCNC3)CC2)cc1. The van der Waals surface area contributed by atoms with Crippen LogP contribution in [0.2, 0.25) is 0 Å². The van der Waals surface area contributed by atoms with E-state index in [-0.39, 0.29) is 30.7 Å². The first kappa shape index (κ1) is 21.3. The Hall–Kier alpha value is -2.37. The monoisotopic (exact) mass is 414 g/mol. The zero-order valence-corrected chi connectivity index (χ0v) is 17.2. The first-order valence-electron chi connectivity index (χ1n) is 9.96. The molecule has 1 spiro atoms. The summed E-state index contributed by atoms with van der Waals surface area (Å²) >= 11 is 0. The molecule has 4 rings (SSSR count). The minimum atomic E-state index is -0.0214. The zero-order chi connectivity index (χ0) is 19.4. The number of benzene rings is 2. The number of carbonyl (C=O) groups is 2. The van der Waals surface area contributed by atoms with Gasteiger partial charge in [0.1, 0.15) is 5.75 Å². The van der Waals surface area contributed by atoms with E-state index in [2.05, 4.69) is 5.32 Å². The van der Waals surface area contributed by atoms with Crippen LogP contribution in [0.4, 0.5) is 0 Å². The van der Waals surface area contributed by atoms with Crippen LogP contribution in [0.25, 0.3) is 0 Å². The van der Waals surface area contributed by atoms with E-state index in [1.807, 2.05) is 23.1 Å². The number of likely N-dealkylation sites (tertiary alicyclic amines) is 1. The number of nitrogens with zero attached hydrogens (tertiary/aromatic N) is 1. The van der Waals surface area contributed by atoms with Crippen molar-refractivity contribution >= 4 is 24.1 Å². The van der Waals surface area contributed by atoms with Gasteiger partial charge in [0, 0.05) is 30.8 Å². The summed E-state index contributed by atoms with van der Waals surface area (Å²) in [5, 5.41) is 3.44. The highest BCUT2D eigenvalue weighted by Gasteiger charge is 2.38. The smallest absolute Gasteiger partial charge is 0.260 e. The molecule has 2 aromatic rings. The van der Waals surface area contributed by atoms with Gasteiger partial charge in [-0.05, 0) is 55.5 Å². The largest absolute Gasteiger partial charge is 0.484 e. The number of hydrogen-bond acceptors (Lipinski definition) is 4. The third-order valence-corrected chi connectivity index (χ3v) is 6.02. The number of rotatable bonds is 5. The van der Waals surface area contributed by atoms with Gasteiger partial charge in [0.05, 0.1) is 0 Å². The molecule has 1 N–H and O–H groups in total. The van der Waals surface area contributed by atoms with Gasteiger partial charge in [-0.25, -0.2) is 0 Å². The Labute approximate surface area is 177 Å². The van der Waals surface area contributed by atoms with Gasteiger partial charge in [-0.1, -0.05) is 30.3 Å². The topological polar surface area (TPSA) is 58.6 Å². The summed E-state index contributed by atoms with van der Waals surface area (Å²) < 4.78 is 5.66. The summed E-state index contributed by atoms with van der Waals surface area (Å²) in [7, 11) is 0. The Balaban J connectivity index is 0.00000240. The van der Waals surface area contributed by atoms with Crippen LogP contribution in [0.1, 0.15) is 35.2 Å². The van der Waals surface area contributed by atoms with Crippen molar-refractivity contribution in [1.82, 2.24) is 10.2 Å². The number of hydrogen-bond donors (Lipinski definition) is 1. The van der Waals surface area contributed by atoms with Gasteiger partial charge in [0.25, 0.3) is 5.91 Å². The molecule has 0 atom stereocenters. The Bertz CT molecular complexity index is 823. The van der Waals surface area contributed by atoms with Crippen molar-refractivity contribution in [1.29, 1.82) is 0 Å². The average molecular weight is 415 g/mol. The van der Waals surface area contributed by atoms with E-state index < -0.39 is 0 Å². The third-order valence-electron chi connectivity index (χ3n) is 6.02. The quantitative estimate of drug-likeness (QED) is 0.762. The molecule has 5 nitrogen and oxygen atoms in total. The molecule has 0 aliphatic carbocycles. The van der Waals surface area contributed by atoms with Crippen molar-refractivity contribution in [3.63, 3.8) is 0 Å². The lowest BCUT2D eigenvalue weighted by Crippen LogP contribution is -2.45. The molecule has 2 aliphatic heterocycles. The second-order valence-electron chi connectivity index (χ2n) is 7.82. The predicted octanol–water partition coefficient (Wildman–Crippen LogP) is 3.32. The maximum absolute atomic E-state index is 12.5. The van der Waals surface area contributed by atoms with Gasteiger partial charge in [0.15, 0.2) is 12.4 Å². The lowest BCUT2D eigenvalue weighted by molar-refractivity contribution is -0.135. The van der Waals surface area contributed by atoms with Crippen LogP contribution < -0.4 is 10.1 Å². The molecular weight excluding hydrogens is 388 g/mol. The number of ether oxygens (including phenoxy) is 1. The van der Waals surface area contributed by atoms with Crippen LogP contribution >= 0.6 is 12.4 Å². The van der Waals surface area contributed by atoms with Crippen molar-refractivity contribution in [3.05, 3.63) is 65.7 Å². The van der Waals surface area contributed by atoms with E-state index in [9.17, 15) is 9.59 Å². The molecule has 1 amide bonds. The second kappa shape index (κ2) is 9.42. The van der Waals surface area contributed by atoms with Gasteiger partial charge in [-0.2, -0.15) is 0 Å². The maximum atomic E-state index is 12.5. The van der Waals surface area contributed by atoms with E-state index in [1.165, 1.54) is 6.42 Å². The summed E-state index contributed by atoms with van der Waals surface area (Å²) in [5.41, 5.74) is 1.67. The fourth-order valence-electron chi connectivity index (χ4n) is 4.15. The lowest BCUT2D eigenvalue weighted by Gasteiger charge is -2.38. The molecule has 2 heterocycles. The normalized spacial score (nSPS) is 17.6. The van der Waals surface area contributed by atoms with Gasteiger partial charge in [0.2, 0.25) is 0 Å². The summed E-state index contributed by atoms with van der Waals surface area (Å²) in [5.74, 6) is 0.614. The van der Waals surface area contributed by atoms with Crippen molar-refractivity contribution < 1.29 is 14.3 Å². The molecule has 0 unspecified atom stereocenters. The van der Waals surface area contributed by atoms with Gasteiger partial charge in [-0.3, -0.25) is 9.59 Å². The van der Waals surface area contributed by atoms with E-state index in [0.29, 0.717) is 22.3 Å². The van der Waals surface area contributed by atoms with Crippen LogP contribution in [0.3, 0.4) is 0 Å². The average Bonchev–Trinajstić information content (AvgIpc) is 3.21. The van der Waals surface area contributed by atoms with Crippen molar-refractivity contribution in [3.8, 4) is 5.75 Å². The fraction of sp³-hybridized carbons (Fsp3) is 0.391. The first-order valence-corrected chi connectivity index (χ1v) is 9.96. The highest BCUT2D eigenvalue weighted by atomic mass is 35.5. The second-order valence-corrected chi connectivity index (χ2v) is 7.82. The molecule has 2 saturated heterocycles. The van der Waals surface area contributed by atoms with E-state index in [1.54, 1.807) is 36.4 Å². The number of amides is 1.